The number of likely N-dealkylation sites (N-methyl/N-ethyl adjacent to an activating group) is 1. The van der Waals surface area contributed by atoms with Gasteiger partial charge in [-0.2, -0.15) is 5.01 Å². The minimum atomic E-state index is -0.400. The summed E-state index contributed by atoms with van der Waals surface area (Å²) in [5, 5.41) is 9.97. The summed E-state index contributed by atoms with van der Waals surface area (Å²) in [5.41, 5.74) is -0.400. The monoisotopic (exact) mass is 369 g/mol. The number of aromatic nitrogens is 2. The Morgan fingerprint density at radius 2 is 2.00 bits per heavy atom. The number of piperazine rings is 1. The van der Waals surface area contributed by atoms with Gasteiger partial charge in [0, 0.05) is 24.3 Å². The zero-order chi connectivity index (χ0) is 18.4. The molecule has 1 aromatic rings. The lowest BCUT2D eigenvalue weighted by molar-refractivity contribution is -0.759. The van der Waals surface area contributed by atoms with Crippen molar-refractivity contribution < 1.29 is 18.9 Å². The highest BCUT2D eigenvalue weighted by Gasteiger charge is 2.24. The van der Waals surface area contributed by atoms with Crippen LogP contribution in [0.4, 0.5) is 5.88 Å². The van der Waals surface area contributed by atoms with E-state index in [9.17, 15) is 9.59 Å². The van der Waals surface area contributed by atoms with Gasteiger partial charge in [-0.1, -0.05) is 39.5 Å². The van der Waals surface area contributed by atoms with Gasteiger partial charge in [0.15, 0.2) is 5.12 Å². The van der Waals surface area contributed by atoms with Gasteiger partial charge in [0.25, 0.3) is 6.20 Å². The van der Waals surface area contributed by atoms with Crippen LogP contribution < -0.4 is 9.80 Å². The molecule has 0 aliphatic carbocycles. The van der Waals surface area contributed by atoms with E-state index in [2.05, 4.69) is 27.4 Å². The molecule has 0 aromatic carbocycles. The highest BCUT2D eigenvalue weighted by molar-refractivity contribution is 8.13. The Hall–Kier alpha value is -1.61. The molecule has 1 aliphatic rings. The van der Waals surface area contributed by atoms with Crippen molar-refractivity contribution >= 4 is 28.7 Å². The molecule has 25 heavy (non-hydrogen) atoms. The molecule has 2 rings (SSSR count). The molecule has 0 unspecified atom stereocenters. The first kappa shape index (κ1) is 19.7. The molecule has 0 N–H and O–H groups in total. The van der Waals surface area contributed by atoms with Gasteiger partial charge in [0.05, 0.1) is 23.8 Å². The van der Waals surface area contributed by atoms with Crippen LogP contribution in [-0.2, 0) is 9.59 Å². The summed E-state index contributed by atoms with van der Waals surface area (Å²) >= 11 is 1.17. The maximum absolute atomic E-state index is 11.9. The zero-order valence-electron chi connectivity index (χ0n) is 15.4. The Morgan fingerprint density at radius 3 is 2.60 bits per heavy atom. The molecular formula is C16H27N5O3S. The fourth-order valence-electron chi connectivity index (χ4n) is 2.30. The smallest absolute Gasteiger partial charge is 0.257 e. The molecule has 0 spiro atoms. The molecule has 1 fully saturated rings. The summed E-state index contributed by atoms with van der Waals surface area (Å²) in [6.45, 7) is 12.4. The van der Waals surface area contributed by atoms with Crippen molar-refractivity contribution in [1.29, 1.82) is 0 Å². The second-order valence-electron chi connectivity index (χ2n) is 6.99. The molecule has 1 aliphatic heterocycles. The van der Waals surface area contributed by atoms with Gasteiger partial charge in [0.2, 0.25) is 5.27 Å². The lowest BCUT2D eigenvalue weighted by Gasteiger charge is -2.28. The number of hydrogen-bond donors (Lipinski definition) is 0. The maximum Gasteiger partial charge on any atom is 0.257 e. The third-order valence-corrected chi connectivity index (χ3v) is 5.21. The van der Waals surface area contributed by atoms with Crippen molar-refractivity contribution in [2.45, 2.75) is 34.1 Å². The first-order valence-electron chi connectivity index (χ1n) is 8.57. The first-order valence-corrected chi connectivity index (χ1v) is 9.56. The lowest BCUT2D eigenvalue weighted by atomic mass is 10.00. The molecule has 0 bridgehead atoms. The Morgan fingerprint density at radius 1 is 1.32 bits per heavy atom. The molecule has 1 saturated heterocycles. The molecule has 0 radical (unpaired) electrons. The summed E-state index contributed by atoms with van der Waals surface area (Å²) < 4.78 is 5.12. The van der Waals surface area contributed by atoms with Gasteiger partial charge in [-0.25, -0.2) is 0 Å². The van der Waals surface area contributed by atoms with E-state index in [0.29, 0.717) is 5.75 Å². The van der Waals surface area contributed by atoms with Gasteiger partial charge < -0.3 is 14.6 Å². The van der Waals surface area contributed by atoms with Crippen LogP contribution in [0, 0.1) is 5.41 Å². The van der Waals surface area contributed by atoms with Crippen LogP contribution in [-0.4, -0.2) is 59.7 Å². The van der Waals surface area contributed by atoms with Crippen molar-refractivity contribution in [1.82, 2.24) is 10.2 Å². The predicted octanol–water partition coefficient (Wildman–Crippen LogP) is 1.46. The Bertz CT molecular complexity index is 591. The fourth-order valence-corrected chi connectivity index (χ4v) is 3.19. The lowest BCUT2D eigenvalue weighted by Crippen LogP contribution is -2.65. The summed E-state index contributed by atoms with van der Waals surface area (Å²) in [7, 11) is 0. The summed E-state index contributed by atoms with van der Waals surface area (Å²) in [5.74, 6) is 0.300. The van der Waals surface area contributed by atoms with Crippen LogP contribution in [0.2, 0.25) is 0 Å². The van der Waals surface area contributed by atoms with E-state index in [-0.39, 0.29) is 23.3 Å². The highest BCUT2D eigenvalue weighted by Crippen LogP contribution is 2.24. The van der Waals surface area contributed by atoms with Crippen molar-refractivity contribution in [3.8, 4) is 0 Å². The van der Waals surface area contributed by atoms with Gasteiger partial charge in [0.1, 0.15) is 5.88 Å². The van der Waals surface area contributed by atoms with Crippen molar-refractivity contribution in [3.05, 3.63) is 11.5 Å². The Kier molecular flexibility index (Phi) is 6.83. The van der Waals surface area contributed by atoms with Crippen molar-refractivity contribution in [2.75, 3.05) is 43.5 Å². The molecule has 1 amide bonds. The maximum atomic E-state index is 11.9. The second-order valence-corrected chi connectivity index (χ2v) is 8.06. The van der Waals surface area contributed by atoms with Gasteiger partial charge in [-0.15, -0.1) is 0 Å². The Balaban J connectivity index is 1.75. The van der Waals surface area contributed by atoms with E-state index in [1.165, 1.54) is 11.8 Å². The van der Waals surface area contributed by atoms with E-state index in [1.807, 2.05) is 20.8 Å². The zero-order valence-corrected chi connectivity index (χ0v) is 16.2. The molecular weight excluding hydrogens is 342 g/mol. The molecule has 1 aromatic heterocycles. The summed E-state index contributed by atoms with van der Waals surface area (Å²) in [6, 6.07) is 0. The number of rotatable bonds is 6. The quantitative estimate of drug-likeness (QED) is 0.702. The van der Waals surface area contributed by atoms with E-state index in [1.54, 1.807) is 11.0 Å². The average molecular weight is 369 g/mol. The first-order chi connectivity index (χ1) is 11.8. The number of hydrogen-bond acceptors (Lipinski definition) is 7. The SMILES string of the molecule is CCN1CCN([n+]2cc([N-]C(=O)CCSC(=O)C(C)(C)C)on2)CC1. The third kappa shape index (κ3) is 6.00. The molecule has 2 heterocycles. The van der Waals surface area contributed by atoms with Gasteiger partial charge in [-0.05, 0) is 13.0 Å². The topological polar surface area (TPSA) is 84.6 Å². The minimum absolute atomic E-state index is 0.0732. The number of thioether (sulfide) groups is 1. The van der Waals surface area contributed by atoms with E-state index >= 15 is 0 Å². The number of nitrogens with zero attached hydrogens (tertiary/aromatic N) is 5. The minimum Gasteiger partial charge on any atom is -0.588 e. The van der Waals surface area contributed by atoms with Crippen LogP contribution in [0.1, 0.15) is 34.1 Å². The van der Waals surface area contributed by atoms with Gasteiger partial charge in [-0.3, -0.25) is 9.69 Å². The highest BCUT2D eigenvalue weighted by atomic mass is 32.2. The van der Waals surface area contributed by atoms with Crippen LogP contribution >= 0.6 is 11.8 Å². The third-order valence-electron chi connectivity index (χ3n) is 3.93. The number of carbonyl (C=O) groups excluding carboxylic acids is 2. The van der Waals surface area contributed by atoms with Crippen LogP contribution in [0.15, 0.2) is 10.7 Å². The van der Waals surface area contributed by atoms with E-state index in [0.717, 1.165) is 32.7 Å². The van der Waals surface area contributed by atoms with E-state index < -0.39 is 5.41 Å². The largest absolute Gasteiger partial charge is 0.588 e. The predicted molar refractivity (Wildman–Crippen MR) is 96.3 cm³/mol. The normalized spacial score (nSPS) is 16.1. The molecule has 0 saturated carbocycles. The van der Waals surface area contributed by atoms with Crippen molar-refractivity contribution in [2.24, 2.45) is 5.41 Å². The fraction of sp³-hybridized carbons (Fsp3) is 0.750. The molecule has 9 heteroatoms. The average Bonchev–Trinajstić information content (AvgIpc) is 3.02. The summed E-state index contributed by atoms with van der Waals surface area (Å²) in [4.78, 5) is 27.7. The van der Waals surface area contributed by atoms with Crippen LogP contribution in [0.5, 0.6) is 0 Å². The standard InChI is InChI=1S/C16H27N5O3S/c1-5-19-7-9-20(10-8-19)21-12-14(24-18-21)17-13(22)6-11-25-15(23)16(2,3)4/h12H,5-11H2,1-4H3. The molecule has 140 valence electrons. The number of amides is 1. The molecule has 0 atom stereocenters. The van der Waals surface area contributed by atoms with Crippen LogP contribution in [0.3, 0.4) is 0 Å². The Labute approximate surface area is 152 Å². The van der Waals surface area contributed by atoms with Crippen LogP contribution in [0.25, 0.3) is 5.32 Å². The summed E-state index contributed by atoms with van der Waals surface area (Å²) in [6.07, 6.45) is 1.81. The molecule has 8 nitrogen and oxygen atoms in total. The van der Waals surface area contributed by atoms with E-state index in [4.69, 9.17) is 4.52 Å². The van der Waals surface area contributed by atoms with Crippen molar-refractivity contribution in [3.63, 3.8) is 0 Å². The number of carbonyl (C=O) groups is 2. The van der Waals surface area contributed by atoms with Gasteiger partial charge >= 0.3 is 0 Å². The second kappa shape index (κ2) is 8.66.